The standard InChI is InChI=1S/C22H26N4O2/c1-28-19-8-4-6-17(12-19)13-25-11-5-7-18(14-25)24-22(27)15-26-16-23-20-9-2-3-10-21(20)26/h2-4,6,8-10,12,16,18H,5,7,11,13-15H2,1H3,(H,24,27). The fourth-order valence-electron chi connectivity index (χ4n) is 3.91. The molecule has 1 fully saturated rings. The number of benzene rings is 2. The number of hydrogen-bond donors (Lipinski definition) is 1. The summed E-state index contributed by atoms with van der Waals surface area (Å²) in [5.74, 6) is 0.920. The van der Waals surface area contributed by atoms with Gasteiger partial charge >= 0.3 is 0 Å². The number of amides is 1. The lowest BCUT2D eigenvalue weighted by Gasteiger charge is -2.33. The number of rotatable bonds is 6. The summed E-state index contributed by atoms with van der Waals surface area (Å²) in [6.07, 6.45) is 3.84. The van der Waals surface area contributed by atoms with E-state index in [1.165, 1.54) is 5.56 Å². The first kappa shape index (κ1) is 18.5. The first-order valence-corrected chi connectivity index (χ1v) is 9.76. The summed E-state index contributed by atoms with van der Waals surface area (Å²) < 4.78 is 7.22. The molecule has 6 heteroatoms. The highest BCUT2D eigenvalue weighted by Crippen LogP contribution is 2.18. The van der Waals surface area contributed by atoms with Gasteiger partial charge in [0.1, 0.15) is 12.3 Å². The van der Waals surface area contributed by atoms with Crippen molar-refractivity contribution in [2.24, 2.45) is 0 Å². The van der Waals surface area contributed by atoms with Crippen LogP contribution in [0, 0.1) is 0 Å². The highest BCUT2D eigenvalue weighted by atomic mass is 16.5. The second-order valence-corrected chi connectivity index (χ2v) is 7.35. The van der Waals surface area contributed by atoms with Gasteiger partial charge in [-0.2, -0.15) is 0 Å². The predicted molar refractivity (Wildman–Crippen MR) is 109 cm³/mol. The Labute approximate surface area is 165 Å². The van der Waals surface area contributed by atoms with Gasteiger partial charge in [0.05, 0.1) is 24.5 Å². The zero-order chi connectivity index (χ0) is 19.3. The summed E-state index contributed by atoms with van der Waals surface area (Å²) in [7, 11) is 1.69. The number of nitrogens with one attached hydrogen (secondary N) is 1. The van der Waals surface area contributed by atoms with Gasteiger partial charge in [0.2, 0.25) is 5.91 Å². The average Bonchev–Trinajstić information content (AvgIpc) is 3.11. The van der Waals surface area contributed by atoms with Crippen LogP contribution in [-0.2, 0) is 17.9 Å². The summed E-state index contributed by atoms with van der Waals surface area (Å²) in [4.78, 5) is 19.3. The first-order valence-electron chi connectivity index (χ1n) is 9.76. The molecule has 146 valence electrons. The molecule has 4 rings (SSSR count). The van der Waals surface area contributed by atoms with Crippen LogP contribution >= 0.6 is 0 Å². The zero-order valence-corrected chi connectivity index (χ0v) is 16.2. The Morgan fingerprint density at radius 1 is 1.25 bits per heavy atom. The van der Waals surface area contributed by atoms with Crippen molar-refractivity contribution in [1.82, 2.24) is 19.8 Å². The van der Waals surface area contributed by atoms with Gasteiger partial charge < -0.3 is 14.6 Å². The van der Waals surface area contributed by atoms with Crippen molar-refractivity contribution in [3.05, 3.63) is 60.4 Å². The smallest absolute Gasteiger partial charge is 0.240 e. The lowest BCUT2D eigenvalue weighted by molar-refractivity contribution is -0.122. The number of imidazole rings is 1. The minimum absolute atomic E-state index is 0.0383. The number of methoxy groups -OCH3 is 1. The Kier molecular flexibility index (Phi) is 5.58. The fourth-order valence-corrected chi connectivity index (χ4v) is 3.91. The van der Waals surface area contributed by atoms with Crippen LogP contribution in [0.4, 0.5) is 0 Å². The number of carbonyl (C=O) groups is 1. The van der Waals surface area contributed by atoms with Crippen molar-refractivity contribution in [3.63, 3.8) is 0 Å². The van der Waals surface area contributed by atoms with Crippen LogP contribution < -0.4 is 10.1 Å². The molecule has 0 bridgehead atoms. The van der Waals surface area contributed by atoms with Crippen molar-refractivity contribution in [2.45, 2.75) is 32.0 Å². The molecule has 0 aliphatic carbocycles. The molecule has 0 radical (unpaired) electrons. The van der Waals surface area contributed by atoms with E-state index in [4.69, 9.17) is 4.74 Å². The van der Waals surface area contributed by atoms with Crippen LogP contribution in [-0.4, -0.2) is 46.6 Å². The Morgan fingerprint density at radius 3 is 3.04 bits per heavy atom. The van der Waals surface area contributed by atoms with Gasteiger partial charge in [0, 0.05) is 19.1 Å². The molecule has 1 saturated heterocycles. The molecule has 0 saturated carbocycles. The van der Waals surface area contributed by atoms with Gasteiger partial charge in [0.15, 0.2) is 0 Å². The van der Waals surface area contributed by atoms with Gasteiger partial charge in [-0.3, -0.25) is 9.69 Å². The summed E-state index contributed by atoms with van der Waals surface area (Å²) in [6, 6.07) is 16.2. The molecule has 0 spiro atoms. The van der Waals surface area contributed by atoms with Crippen LogP contribution in [0.15, 0.2) is 54.9 Å². The molecule has 6 nitrogen and oxygen atoms in total. The molecule has 1 unspecified atom stereocenters. The normalized spacial score (nSPS) is 17.5. The second-order valence-electron chi connectivity index (χ2n) is 7.35. The lowest BCUT2D eigenvalue weighted by Crippen LogP contribution is -2.48. The molecule has 1 atom stereocenters. The van der Waals surface area contributed by atoms with Crippen molar-refractivity contribution in [3.8, 4) is 5.75 Å². The van der Waals surface area contributed by atoms with Gasteiger partial charge in [0.25, 0.3) is 0 Å². The fraction of sp³-hybridized carbons (Fsp3) is 0.364. The molecule has 28 heavy (non-hydrogen) atoms. The van der Waals surface area contributed by atoms with Gasteiger partial charge in [-0.15, -0.1) is 0 Å². The maximum absolute atomic E-state index is 12.6. The number of nitrogens with zero attached hydrogens (tertiary/aromatic N) is 3. The molecule has 1 aromatic heterocycles. The number of piperidine rings is 1. The molecule has 1 amide bonds. The first-order chi connectivity index (χ1) is 13.7. The van der Waals surface area contributed by atoms with E-state index >= 15 is 0 Å². The minimum Gasteiger partial charge on any atom is -0.497 e. The van der Waals surface area contributed by atoms with E-state index in [2.05, 4.69) is 27.3 Å². The van der Waals surface area contributed by atoms with E-state index in [-0.39, 0.29) is 11.9 Å². The van der Waals surface area contributed by atoms with Crippen LogP contribution in [0.25, 0.3) is 11.0 Å². The van der Waals surface area contributed by atoms with Crippen molar-refractivity contribution in [1.29, 1.82) is 0 Å². The highest BCUT2D eigenvalue weighted by Gasteiger charge is 2.22. The third kappa shape index (κ3) is 4.34. The summed E-state index contributed by atoms with van der Waals surface area (Å²) in [5.41, 5.74) is 3.13. The van der Waals surface area contributed by atoms with E-state index in [0.717, 1.165) is 49.3 Å². The third-order valence-electron chi connectivity index (χ3n) is 5.25. The van der Waals surface area contributed by atoms with E-state index in [0.29, 0.717) is 6.54 Å². The Bertz CT molecular complexity index is 952. The molecule has 2 heterocycles. The Hall–Kier alpha value is -2.86. The number of carbonyl (C=O) groups excluding carboxylic acids is 1. The minimum atomic E-state index is 0.0383. The van der Waals surface area contributed by atoms with Crippen LogP contribution in [0.3, 0.4) is 0 Å². The van der Waals surface area contributed by atoms with Crippen molar-refractivity contribution in [2.75, 3.05) is 20.2 Å². The Balaban J connectivity index is 1.33. The molecule has 3 aromatic rings. The monoisotopic (exact) mass is 378 g/mol. The quantitative estimate of drug-likeness (QED) is 0.717. The number of likely N-dealkylation sites (tertiary alicyclic amines) is 1. The molecular formula is C22H26N4O2. The van der Waals surface area contributed by atoms with Gasteiger partial charge in [-0.1, -0.05) is 24.3 Å². The van der Waals surface area contributed by atoms with E-state index in [1.807, 2.05) is 41.0 Å². The topological polar surface area (TPSA) is 59.4 Å². The van der Waals surface area contributed by atoms with Crippen LogP contribution in [0.2, 0.25) is 0 Å². The maximum Gasteiger partial charge on any atom is 0.240 e. The van der Waals surface area contributed by atoms with Crippen LogP contribution in [0.1, 0.15) is 18.4 Å². The van der Waals surface area contributed by atoms with E-state index < -0.39 is 0 Å². The maximum atomic E-state index is 12.6. The molecular weight excluding hydrogens is 352 g/mol. The molecule has 1 N–H and O–H groups in total. The Morgan fingerprint density at radius 2 is 2.14 bits per heavy atom. The summed E-state index contributed by atoms with van der Waals surface area (Å²) in [5, 5.41) is 3.21. The summed E-state index contributed by atoms with van der Waals surface area (Å²) >= 11 is 0. The molecule has 1 aliphatic rings. The number of ether oxygens (including phenoxy) is 1. The van der Waals surface area contributed by atoms with Crippen molar-refractivity contribution < 1.29 is 9.53 Å². The summed E-state index contributed by atoms with van der Waals surface area (Å²) in [6.45, 7) is 3.09. The average molecular weight is 378 g/mol. The largest absolute Gasteiger partial charge is 0.497 e. The number of hydrogen-bond acceptors (Lipinski definition) is 4. The number of aromatic nitrogens is 2. The zero-order valence-electron chi connectivity index (χ0n) is 16.2. The number of fused-ring (bicyclic) bond motifs is 1. The number of para-hydroxylation sites is 2. The van der Waals surface area contributed by atoms with Gasteiger partial charge in [-0.05, 0) is 49.2 Å². The molecule has 2 aromatic carbocycles. The van der Waals surface area contributed by atoms with Crippen LogP contribution in [0.5, 0.6) is 5.75 Å². The van der Waals surface area contributed by atoms with E-state index in [9.17, 15) is 4.79 Å². The van der Waals surface area contributed by atoms with Gasteiger partial charge in [-0.25, -0.2) is 4.98 Å². The second kappa shape index (κ2) is 8.44. The highest BCUT2D eigenvalue weighted by molar-refractivity contribution is 5.80. The molecule has 1 aliphatic heterocycles. The predicted octanol–water partition coefficient (Wildman–Crippen LogP) is 2.83. The lowest BCUT2D eigenvalue weighted by atomic mass is 10.0. The van der Waals surface area contributed by atoms with E-state index in [1.54, 1.807) is 13.4 Å². The third-order valence-corrected chi connectivity index (χ3v) is 5.25. The van der Waals surface area contributed by atoms with Crippen molar-refractivity contribution >= 4 is 16.9 Å². The SMILES string of the molecule is COc1cccc(CN2CCCC(NC(=O)Cn3cnc4ccccc43)C2)c1.